The maximum atomic E-state index is 10.9. The molecule has 0 aliphatic carbocycles. The number of nitrogens with zero attached hydrogens (tertiary/aromatic N) is 1. The quantitative estimate of drug-likeness (QED) is 0.791. The van der Waals surface area contributed by atoms with E-state index in [0.29, 0.717) is 12.5 Å². The molecule has 2 rings (SSSR count). The molecular weight excluding hydrogens is 226 g/mol. The maximum Gasteiger partial charge on any atom is 0.231 e. The highest BCUT2D eigenvalue weighted by Gasteiger charge is 2.20. The molecule has 0 unspecified atom stereocenters. The van der Waals surface area contributed by atoms with Crippen LogP contribution < -0.4 is 11.5 Å². The Balaban J connectivity index is 2.01. The lowest BCUT2D eigenvalue weighted by atomic mass is 9.91. The van der Waals surface area contributed by atoms with Gasteiger partial charge in [-0.15, -0.1) is 0 Å². The van der Waals surface area contributed by atoms with Crippen molar-refractivity contribution in [1.82, 2.24) is 4.90 Å². The summed E-state index contributed by atoms with van der Waals surface area (Å²) in [5, 5.41) is 0. The molecule has 18 heavy (non-hydrogen) atoms. The summed E-state index contributed by atoms with van der Waals surface area (Å²) in [6, 6.07) is 8.08. The van der Waals surface area contributed by atoms with Crippen LogP contribution in [0, 0.1) is 0 Å². The first-order valence-corrected chi connectivity index (χ1v) is 6.52. The van der Waals surface area contributed by atoms with E-state index in [9.17, 15) is 4.79 Å². The van der Waals surface area contributed by atoms with Crippen molar-refractivity contribution in [3.63, 3.8) is 0 Å². The topological polar surface area (TPSA) is 72.4 Å². The van der Waals surface area contributed by atoms with Gasteiger partial charge in [0.05, 0.1) is 6.54 Å². The number of hydrogen-bond donors (Lipinski definition) is 2. The number of benzene rings is 1. The number of carbonyl (C=O) groups is 1. The van der Waals surface area contributed by atoms with Crippen molar-refractivity contribution in [1.29, 1.82) is 0 Å². The van der Waals surface area contributed by atoms with Gasteiger partial charge in [-0.1, -0.05) is 18.2 Å². The number of hydrogen-bond acceptors (Lipinski definition) is 3. The summed E-state index contributed by atoms with van der Waals surface area (Å²) in [6.45, 7) is 2.24. The predicted octanol–water partition coefficient (Wildman–Crippen LogP) is 1.32. The number of amides is 1. The lowest BCUT2D eigenvalue weighted by molar-refractivity contribution is -0.119. The van der Waals surface area contributed by atoms with E-state index in [1.807, 2.05) is 18.2 Å². The Labute approximate surface area is 108 Å². The molecular formula is C14H21N3O. The zero-order chi connectivity index (χ0) is 13.0. The van der Waals surface area contributed by atoms with Crippen molar-refractivity contribution in [2.45, 2.75) is 25.2 Å². The molecule has 0 aromatic heterocycles. The first-order chi connectivity index (χ1) is 8.66. The van der Waals surface area contributed by atoms with Crippen LogP contribution in [-0.4, -0.2) is 30.4 Å². The highest BCUT2D eigenvalue weighted by molar-refractivity contribution is 5.75. The first-order valence-electron chi connectivity index (χ1n) is 6.52. The van der Waals surface area contributed by atoms with Gasteiger partial charge in [-0.3, -0.25) is 9.69 Å². The number of likely N-dealkylation sites (tertiary alicyclic amines) is 1. The van der Waals surface area contributed by atoms with Gasteiger partial charge >= 0.3 is 0 Å². The molecule has 1 aromatic rings. The molecule has 0 spiro atoms. The molecule has 1 heterocycles. The maximum absolute atomic E-state index is 10.9. The van der Waals surface area contributed by atoms with Crippen LogP contribution in [0.5, 0.6) is 0 Å². The molecule has 98 valence electrons. The van der Waals surface area contributed by atoms with E-state index in [0.717, 1.165) is 38.0 Å². The van der Waals surface area contributed by atoms with E-state index in [4.69, 9.17) is 11.5 Å². The van der Waals surface area contributed by atoms with E-state index < -0.39 is 0 Å². The number of rotatable bonds is 3. The molecule has 1 aliphatic rings. The Morgan fingerprint density at radius 2 is 2.06 bits per heavy atom. The number of carbonyl (C=O) groups excluding carboxylic acids is 1. The lowest BCUT2D eigenvalue weighted by Gasteiger charge is -2.19. The van der Waals surface area contributed by atoms with Gasteiger partial charge in [0, 0.05) is 5.69 Å². The number of nitrogens with two attached hydrogens (primary N) is 2. The van der Waals surface area contributed by atoms with Crippen LogP contribution in [-0.2, 0) is 4.79 Å². The second kappa shape index (κ2) is 5.87. The molecule has 1 aromatic carbocycles. The zero-order valence-electron chi connectivity index (χ0n) is 10.6. The summed E-state index contributed by atoms with van der Waals surface area (Å²) in [5.41, 5.74) is 13.4. The first kappa shape index (κ1) is 12.9. The molecule has 1 saturated heterocycles. The average molecular weight is 247 g/mol. The predicted molar refractivity (Wildman–Crippen MR) is 73.1 cm³/mol. The van der Waals surface area contributed by atoms with Crippen molar-refractivity contribution < 1.29 is 4.79 Å². The molecule has 0 radical (unpaired) electrons. The molecule has 4 heteroatoms. The number of primary amides is 1. The van der Waals surface area contributed by atoms with E-state index >= 15 is 0 Å². The summed E-state index contributed by atoms with van der Waals surface area (Å²) < 4.78 is 0. The fourth-order valence-electron chi connectivity index (χ4n) is 2.73. The Hall–Kier alpha value is -1.55. The minimum atomic E-state index is -0.243. The summed E-state index contributed by atoms with van der Waals surface area (Å²) in [7, 11) is 0. The smallest absolute Gasteiger partial charge is 0.231 e. The van der Waals surface area contributed by atoms with E-state index in [-0.39, 0.29) is 5.91 Å². The Kier molecular flexibility index (Phi) is 4.20. The van der Waals surface area contributed by atoms with Crippen LogP contribution in [0.15, 0.2) is 24.3 Å². The molecule has 1 aliphatic heterocycles. The van der Waals surface area contributed by atoms with Crippen LogP contribution in [0.4, 0.5) is 5.69 Å². The van der Waals surface area contributed by atoms with Crippen LogP contribution in [0.3, 0.4) is 0 Å². The molecule has 0 saturated carbocycles. The number of anilines is 1. The molecule has 4 N–H and O–H groups in total. The minimum Gasteiger partial charge on any atom is -0.398 e. The molecule has 1 amide bonds. The third-order valence-electron chi connectivity index (χ3n) is 3.64. The summed E-state index contributed by atoms with van der Waals surface area (Å²) in [4.78, 5) is 13.1. The monoisotopic (exact) mass is 247 g/mol. The second-order valence-corrected chi connectivity index (χ2v) is 5.00. The van der Waals surface area contributed by atoms with Crippen molar-refractivity contribution in [3.8, 4) is 0 Å². The van der Waals surface area contributed by atoms with Crippen molar-refractivity contribution in [2.24, 2.45) is 5.73 Å². The minimum absolute atomic E-state index is 0.243. The Morgan fingerprint density at radius 3 is 2.78 bits per heavy atom. The highest BCUT2D eigenvalue weighted by atomic mass is 16.1. The number of para-hydroxylation sites is 1. The fraction of sp³-hybridized carbons (Fsp3) is 0.500. The molecule has 4 nitrogen and oxygen atoms in total. The highest BCUT2D eigenvalue weighted by Crippen LogP contribution is 2.31. The van der Waals surface area contributed by atoms with Gasteiger partial charge in [-0.2, -0.15) is 0 Å². The van der Waals surface area contributed by atoms with E-state index in [2.05, 4.69) is 11.0 Å². The van der Waals surface area contributed by atoms with Gasteiger partial charge in [-0.05, 0) is 49.9 Å². The molecule has 1 fully saturated rings. The van der Waals surface area contributed by atoms with Gasteiger partial charge in [0.25, 0.3) is 0 Å². The standard InChI is InChI=1S/C14H21N3O/c15-13-6-2-1-5-12(13)11-4-3-8-17(9-7-11)10-14(16)18/h1-2,5-6,11H,3-4,7-10,15H2,(H2,16,18)/t11-/m0/s1. The third-order valence-corrected chi connectivity index (χ3v) is 3.64. The van der Waals surface area contributed by atoms with Gasteiger partial charge in [0.1, 0.15) is 0 Å². The van der Waals surface area contributed by atoms with E-state index in [1.165, 1.54) is 5.56 Å². The van der Waals surface area contributed by atoms with E-state index in [1.54, 1.807) is 0 Å². The average Bonchev–Trinajstić information content (AvgIpc) is 2.55. The summed E-state index contributed by atoms with van der Waals surface area (Å²) in [5.74, 6) is 0.261. The SMILES string of the molecule is NC(=O)CN1CCC[C@H](c2ccccc2N)CC1. The zero-order valence-corrected chi connectivity index (χ0v) is 10.6. The van der Waals surface area contributed by atoms with Crippen LogP contribution in [0.25, 0.3) is 0 Å². The molecule has 0 bridgehead atoms. The van der Waals surface area contributed by atoms with Crippen molar-refractivity contribution >= 4 is 11.6 Å². The normalized spacial score (nSPS) is 21.4. The Morgan fingerprint density at radius 1 is 1.28 bits per heavy atom. The Bertz CT molecular complexity index is 419. The summed E-state index contributed by atoms with van der Waals surface area (Å²) in [6.07, 6.45) is 3.26. The fourth-order valence-corrected chi connectivity index (χ4v) is 2.73. The third kappa shape index (κ3) is 3.23. The van der Waals surface area contributed by atoms with Crippen LogP contribution in [0.1, 0.15) is 30.7 Å². The summed E-state index contributed by atoms with van der Waals surface area (Å²) >= 11 is 0. The second-order valence-electron chi connectivity index (χ2n) is 5.00. The molecule has 1 atom stereocenters. The van der Waals surface area contributed by atoms with Crippen LogP contribution in [0.2, 0.25) is 0 Å². The van der Waals surface area contributed by atoms with Crippen molar-refractivity contribution in [3.05, 3.63) is 29.8 Å². The van der Waals surface area contributed by atoms with Crippen molar-refractivity contribution in [2.75, 3.05) is 25.4 Å². The van der Waals surface area contributed by atoms with Gasteiger partial charge in [0.2, 0.25) is 5.91 Å². The van der Waals surface area contributed by atoms with Gasteiger partial charge in [-0.25, -0.2) is 0 Å². The number of nitrogen functional groups attached to an aromatic ring is 1. The van der Waals surface area contributed by atoms with Crippen LogP contribution >= 0.6 is 0 Å². The van der Waals surface area contributed by atoms with Gasteiger partial charge in [0.15, 0.2) is 0 Å². The lowest BCUT2D eigenvalue weighted by Crippen LogP contribution is -2.34. The largest absolute Gasteiger partial charge is 0.398 e. The van der Waals surface area contributed by atoms with Gasteiger partial charge < -0.3 is 11.5 Å².